The molecule has 1 saturated heterocycles. The molecule has 0 spiro atoms. The van der Waals surface area contributed by atoms with Gasteiger partial charge in [-0.2, -0.15) is 0 Å². The van der Waals surface area contributed by atoms with Crippen LogP contribution in [0.25, 0.3) is 0 Å². The lowest BCUT2D eigenvalue weighted by Gasteiger charge is -2.42. The molecule has 1 heterocycles. The van der Waals surface area contributed by atoms with Crippen LogP contribution in [0.15, 0.2) is 24.3 Å². The molecule has 0 bridgehead atoms. The predicted molar refractivity (Wildman–Crippen MR) is 77.6 cm³/mol. The van der Waals surface area contributed by atoms with Gasteiger partial charge < -0.3 is 5.73 Å². The lowest BCUT2D eigenvalue weighted by molar-refractivity contribution is 0.0807. The Balaban J connectivity index is 2.15. The van der Waals surface area contributed by atoms with Crippen LogP contribution >= 0.6 is 0 Å². The predicted octanol–water partition coefficient (Wildman–Crippen LogP) is 3.12. The molecular weight excluding hydrogens is 220 g/mol. The van der Waals surface area contributed by atoms with Crippen molar-refractivity contribution in [3.05, 3.63) is 35.4 Å². The average Bonchev–Trinajstić information content (AvgIpc) is 2.31. The van der Waals surface area contributed by atoms with Crippen molar-refractivity contribution in [2.45, 2.75) is 39.7 Å². The summed E-state index contributed by atoms with van der Waals surface area (Å²) in [4.78, 5) is 2.56. The van der Waals surface area contributed by atoms with Crippen LogP contribution in [0.4, 0.5) is 0 Å². The largest absolute Gasteiger partial charge is 0.329 e. The Morgan fingerprint density at radius 3 is 2.50 bits per heavy atom. The van der Waals surface area contributed by atoms with Crippen molar-refractivity contribution in [1.29, 1.82) is 0 Å². The molecule has 2 rings (SSSR count). The molecule has 0 aromatic heterocycles. The van der Waals surface area contributed by atoms with Crippen LogP contribution in [0.2, 0.25) is 0 Å². The fourth-order valence-electron chi connectivity index (χ4n) is 3.02. The topological polar surface area (TPSA) is 29.3 Å². The lowest BCUT2D eigenvalue weighted by atomic mass is 9.83. The maximum atomic E-state index is 6.02. The minimum Gasteiger partial charge on any atom is -0.329 e. The van der Waals surface area contributed by atoms with Crippen LogP contribution in [0, 0.1) is 12.3 Å². The molecule has 100 valence electrons. The summed E-state index contributed by atoms with van der Waals surface area (Å²) in [6.07, 6.45) is 2.62. The Labute approximate surface area is 111 Å². The SMILES string of the molecule is Cc1ccc(C(CN)N2CCCC(C)(C)C2)cc1. The number of likely N-dealkylation sites (tertiary alicyclic amines) is 1. The number of aryl methyl sites for hydroxylation is 1. The maximum absolute atomic E-state index is 6.02. The van der Waals surface area contributed by atoms with Gasteiger partial charge >= 0.3 is 0 Å². The van der Waals surface area contributed by atoms with Gasteiger partial charge in [0.2, 0.25) is 0 Å². The van der Waals surface area contributed by atoms with Crippen LogP contribution in [-0.2, 0) is 0 Å². The van der Waals surface area contributed by atoms with Gasteiger partial charge in [0.15, 0.2) is 0 Å². The highest BCUT2D eigenvalue weighted by atomic mass is 15.2. The first-order valence-corrected chi connectivity index (χ1v) is 7.02. The molecule has 1 fully saturated rings. The molecule has 0 amide bonds. The van der Waals surface area contributed by atoms with Crippen LogP contribution in [0.1, 0.15) is 43.9 Å². The number of hydrogen-bond donors (Lipinski definition) is 1. The highest BCUT2D eigenvalue weighted by Gasteiger charge is 2.30. The molecular formula is C16H26N2. The van der Waals surface area contributed by atoms with Gasteiger partial charge in [0.05, 0.1) is 0 Å². The molecule has 1 aliphatic rings. The smallest absolute Gasteiger partial charge is 0.0470 e. The van der Waals surface area contributed by atoms with Crippen molar-refractivity contribution in [2.75, 3.05) is 19.6 Å². The van der Waals surface area contributed by atoms with Gasteiger partial charge in [-0.1, -0.05) is 43.7 Å². The number of nitrogens with zero attached hydrogens (tertiary/aromatic N) is 1. The highest BCUT2D eigenvalue weighted by Crippen LogP contribution is 2.33. The number of nitrogens with two attached hydrogens (primary N) is 1. The standard InChI is InChI=1S/C16H26N2/c1-13-5-7-14(8-6-13)15(11-17)18-10-4-9-16(2,3)12-18/h5-8,15H,4,9-12,17H2,1-3H3. The van der Waals surface area contributed by atoms with E-state index >= 15 is 0 Å². The summed E-state index contributed by atoms with van der Waals surface area (Å²) in [5.74, 6) is 0. The van der Waals surface area contributed by atoms with E-state index in [1.54, 1.807) is 0 Å². The summed E-state index contributed by atoms with van der Waals surface area (Å²) in [7, 11) is 0. The molecule has 2 heteroatoms. The summed E-state index contributed by atoms with van der Waals surface area (Å²) in [6, 6.07) is 9.22. The molecule has 2 N–H and O–H groups in total. The van der Waals surface area contributed by atoms with Gasteiger partial charge in [0.25, 0.3) is 0 Å². The molecule has 1 atom stereocenters. The normalized spacial score (nSPS) is 21.8. The second kappa shape index (κ2) is 5.41. The molecule has 1 aromatic rings. The Morgan fingerprint density at radius 1 is 1.28 bits per heavy atom. The second-order valence-electron chi connectivity index (χ2n) is 6.40. The Morgan fingerprint density at radius 2 is 1.94 bits per heavy atom. The molecule has 0 aliphatic carbocycles. The van der Waals surface area contributed by atoms with Gasteiger partial charge in [0, 0.05) is 19.1 Å². The van der Waals surface area contributed by atoms with E-state index in [4.69, 9.17) is 5.73 Å². The van der Waals surface area contributed by atoms with Gasteiger partial charge in [0.1, 0.15) is 0 Å². The Hall–Kier alpha value is -0.860. The second-order valence-corrected chi connectivity index (χ2v) is 6.40. The summed E-state index contributed by atoms with van der Waals surface area (Å²) < 4.78 is 0. The molecule has 1 aliphatic heterocycles. The van der Waals surface area contributed by atoms with Crippen molar-refractivity contribution in [2.24, 2.45) is 11.1 Å². The van der Waals surface area contributed by atoms with Gasteiger partial charge in [-0.25, -0.2) is 0 Å². The van der Waals surface area contributed by atoms with Crippen molar-refractivity contribution in [3.8, 4) is 0 Å². The van der Waals surface area contributed by atoms with Gasteiger partial charge in [-0.3, -0.25) is 4.90 Å². The van der Waals surface area contributed by atoms with Crippen LogP contribution < -0.4 is 5.73 Å². The summed E-state index contributed by atoms with van der Waals surface area (Å²) in [6.45, 7) is 9.90. The van der Waals surface area contributed by atoms with Gasteiger partial charge in [-0.05, 0) is 37.3 Å². The van der Waals surface area contributed by atoms with E-state index in [0.29, 0.717) is 18.0 Å². The zero-order valence-corrected chi connectivity index (χ0v) is 11.9. The first-order valence-electron chi connectivity index (χ1n) is 7.02. The third kappa shape index (κ3) is 3.12. The Kier molecular flexibility index (Phi) is 4.08. The zero-order valence-electron chi connectivity index (χ0n) is 11.9. The third-order valence-electron chi connectivity index (χ3n) is 4.06. The molecule has 1 unspecified atom stereocenters. The van der Waals surface area contributed by atoms with Crippen LogP contribution in [-0.4, -0.2) is 24.5 Å². The quantitative estimate of drug-likeness (QED) is 0.888. The summed E-state index contributed by atoms with van der Waals surface area (Å²) in [5.41, 5.74) is 9.12. The van der Waals surface area contributed by atoms with Crippen molar-refractivity contribution in [3.63, 3.8) is 0 Å². The van der Waals surface area contributed by atoms with E-state index in [9.17, 15) is 0 Å². The monoisotopic (exact) mass is 246 g/mol. The number of piperidine rings is 1. The molecule has 18 heavy (non-hydrogen) atoms. The maximum Gasteiger partial charge on any atom is 0.0470 e. The minimum absolute atomic E-state index is 0.380. The summed E-state index contributed by atoms with van der Waals surface area (Å²) in [5, 5.41) is 0. The van der Waals surface area contributed by atoms with E-state index < -0.39 is 0 Å². The lowest BCUT2D eigenvalue weighted by Crippen LogP contribution is -2.44. The number of hydrogen-bond acceptors (Lipinski definition) is 2. The summed E-state index contributed by atoms with van der Waals surface area (Å²) >= 11 is 0. The van der Waals surface area contributed by atoms with E-state index in [-0.39, 0.29) is 0 Å². The van der Waals surface area contributed by atoms with Crippen LogP contribution in [0.5, 0.6) is 0 Å². The molecule has 0 radical (unpaired) electrons. The van der Waals surface area contributed by atoms with Gasteiger partial charge in [-0.15, -0.1) is 0 Å². The van der Waals surface area contributed by atoms with Crippen molar-refractivity contribution < 1.29 is 0 Å². The molecule has 2 nitrogen and oxygen atoms in total. The van der Waals surface area contributed by atoms with Crippen molar-refractivity contribution in [1.82, 2.24) is 4.90 Å². The van der Waals surface area contributed by atoms with Crippen LogP contribution in [0.3, 0.4) is 0 Å². The first-order chi connectivity index (χ1) is 8.52. The fourth-order valence-corrected chi connectivity index (χ4v) is 3.02. The molecule has 0 saturated carbocycles. The van der Waals surface area contributed by atoms with E-state index in [0.717, 1.165) is 6.54 Å². The van der Waals surface area contributed by atoms with E-state index in [1.165, 1.54) is 30.5 Å². The average molecular weight is 246 g/mol. The minimum atomic E-state index is 0.380. The molecule has 1 aromatic carbocycles. The number of benzene rings is 1. The Bertz CT molecular complexity index is 381. The zero-order chi connectivity index (χ0) is 13.2. The first kappa shape index (κ1) is 13.6. The highest BCUT2D eigenvalue weighted by molar-refractivity contribution is 5.24. The van der Waals surface area contributed by atoms with E-state index in [1.807, 2.05) is 0 Å². The van der Waals surface area contributed by atoms with E-state index in [2.05, 4.69) is 49.9 Å². The fraction of sp³-hybridized carbons (Fsp3) is 0.625. The third-order valence-corrected chi connectivity index (χ3v) is 4.06. The number of rotatable bonds is 3. The van der Waals surface area contributed by atoms with Crippen molar-refractivity contribution >= 4 is 0 Å².